The van der Waals surface area contributed by atoms with Crippen LogP contribution in [0.4, 0.5) is 11.6 Å². The lowest BCUT2D eigenvalue weighted by Gasteiger charge is -2.07. The smallest absolute Gasteiger partial charge is 0.328 e. The zero-order valence-electron chi connectivity index (χ0n) is 14.1. The summed E-state index contributed by atoms with van der Waals surface area (Å²) in [6.07, 6.45) is 1.75. The summed E-state index contributed by atoms with van der Waals surface area (Å²) in [6, 6.07) is 3.83. The molecule has 1 unspecified atom stereocenters. The quantitative estimate of drug-likeness (QED) is 0.337. The maximum Gasteiger partial charge on any atom is 0.328 e. The number of hydrogen-bond donors (Lipinski definition) is 4. The molecular formula is C15H21N8OP. The molecule has 25 heavy (non-hydrogen) atoms. The number of aromatic nitrogens is 5. The molecule has 3 aromatic rings. The van der Waals surface area contributed by atoms with E-state index in [1.807, 2.05) is 25.8 Å². The molecule has 9 nitrogen and oxygen atoms in total. The van der Waals surface area contributed by atoms with Crippen LogP contribution in [0.15, 0.2) is 23.1 Å². The van der Waals surface area contributed by atoms with E-state index in [1.165, 1.54) is 0 Å². The van der Waals surface area contributed by atoms with Gasteiger partial charge in [-0.05, 0) is 25.3 Å². The number of nitrogens with two attached hydrogens (primary N) is 1. The average molecular weight is 360 g/mol. The number of H-pyrrole nitrogens is 1. The fourth-order valence-electron chi connectivity index (χ4n) is 2.43. The minimum absolute atomic E-state index is 0.260. The number of nitrogens with one attached hydrogen (secondary N) is 3. The van der Waals surface area contributed by atoms with Crippen LogP contribution >= 0.6 is 8.58 Å². The van der Waals surface area contributed by atoms with Crippen LogP contribution in [0, 0.1) is 0 Å². The Morgan fingerprint density at radius 3 is 2.84 bits per heavy atom. The zero-order valence-corrected chi connectivity index (χ0v) is 15.1. The van der Waals surface area contributed by atoms with E-state index in [0.29, 0.717) is 37.7 Å². The van der Waals surface area contributed by atoms with Gasteiger partial charge >= 0.3 is 5.69 Å². The lowest BCUT2D eigenvalue weighted by molar-refractivity contribution is 0.774. The largest absolute Gasteiger partial charge is 0.382 e. The highest BCUT2D eigenvalue weighted by Gasteiger charge is 2.13. The van der Waals surface area contributed by atoms with Gasteiger partial charge in [-0.1, -0.05) is 14.6 Å². The molecule has 0 amide bonds. The number of nitrogen functional groups attached to an aromatic ring is 1. The molecule has 3 heterocycles. The summed E-state index contributed by atoms with van der Waals surface area (Å²) in [5.74, 6) is 1.10. The summed E-state index contributed by atoms with van der Waals surface area (Å²) in [7, 11) is 2.30. The van der Waals surface area contributed by atoms with Crippen LogP contribution in [-0.2, 0) is 6.54 Å². The van der Waals surface area contributed by atoms with Gasteiger partial charge in [0, 0.05) is 19.3 Å². The van der Waals surface area contributed by atoms with Gasteiger partial charge in [-0.15, -0.1) is 0 Å². The highest BCUT2D eigenvalue weighted by atomic mass is 31.1. The molecular weight excluding hydrogens is 339 g/mol. The molecule has 0 radical (unpaired) electrons. The minimum Gasteiger partial charge on any atom is -0.382 e. The van der Waals surface area contributed by atoms with Gasteiger partial charge in [-0.2, -0.15) is 0 Å². The zero-order chi connectivity index (χ0) is 17.8. The van der Waals surface area contributed by atoms with Crippen molar-refractivity contribution in [3.63, 3.8) is 0 Å². The summed E-state index contributed by atoms with van der Waals surface area (Å²) in [5.41, 5.74) is 8.21. The summed E-state index contributed by atoms with van der Waals surface area (Å²) in [4.78, 5) is 28.0. The predicted molar refractivity (Wildman–Crippen MR) is 102 cm³/mol. The number of nitrogens with zero attached hydrogens (tertiary/aromatic N) is 4. The first-order valence-electron chi connectivity index (χ1n) is 7.89. The van der Waals surface area contributed by atoms with E-state index in [4.69, 9.17) is 5.73 Å². The Hall–Kier alpha value is -2.51. The highest BCUT2D eigenvalue weighted by Crippen LogP contribution is 2.15. The standard InChI is InChI=1S/C15H21N8OP/c1-17-5-6-18-10-4-3-9(7-19-10)8-23-13-11(20-15(23)24)12(16)21-14(22-13)25-2/h3-4,7,17,25H,5-6,8H2,1-2H3,(H,18,19)(H,20,24)(H2,16,21,22). The second-order valence-electron chi connectivity index (χ2n) is 5.48. The van der Waals surface area contributed by atoms with Gasteiger partial charge < -0.3 is 21.4 Å². The monoisotopic (exact) mass is 360 g/mol. The lowest BCUT2D eigenvalue weighted by Crippen LogP contribution is -2.19. The van der Waals surface area contributed by atoms with E-state index in [-0.39, 0.29) is 5.69 Å². The molecule has 10 heteroatoms. The molecule has 0 aliphatic carbocycles. The van der Waals surface area contributed by atoms with E-state index in [0.717, 1.165) is 24.5 Å². The molecule has 0 spiro atoms. The number of fused-ring (bicyclic) bond motifs is 1. The van der Waals surface area contributed by atoms with Gasteiger partial charge in [-0.25, -0.2) is 19.7 Å². The number of likely N-dealkylation sites (N-methyl/N-ethyl adjacent to an activating group) is 1. The Kier molecular flexibility index (Phi) is 5.25. The molecule has 0 saturated carbocycles. The van der Waals surface area contributed by atoms with Crippen molar-refractivity contribution in [1.82, 2.24) is 29.8 Å². The first-order chi connectivity index (χ1) is 12.1. The van der Waals surface area contributed by atoms with Crippen molar-refractivity contribution in [3.8, 4) is 0 Å². The van der Waals surface area contributed by atoms with Gasteiger partial charge in [0.15, 0.2) is 17.0 Å². The molecule has 0 aliphatic heterocycles. The predicted octanol–water partition coefficient (Wildman–Crippen LogP) is -0.290. The number of imidazole rings is 1. The molecule has 0 fully saturated rings. The van der Waals surface area contributed by atoms with E-state index < -0.39 is 0 Å². The molecule has 0 bridgehead atoms. The van der Waals surface area contributed by atoms with Crippen molar-refractivity contribution in [2.45, 2.75) is 6.54 Å². The number of anilines is 2. The van der Waals surface area contributed by atoms with Crippen LogP contribution in [0.2, 0.25) is 0 Å². The third-order valence-corrected chi connectivity index (χ3v) is 4.39. The van der Waals surface area contributed by atoms with Crippen LogP contribution in [0.25, 0.3) is 11.2 Å². The summed E-state index contributed by atoms with van der Waals surface area (Å²) in [6.45, 7) is 3.99. The fourth-order valence-corrected chi connectivity index (χ4v) is 2.88. The second-order valence-corrected chi connectivity index (χ2v) is 6.43. The number of pyridine rings is 1. The molecule has 0 aliphatic rings. The van der Waals surface area contributed by atoms with Gasteiger partial charge in [0.1, 0.15) is 11.3 Å². The third-order valence-electron chi connectivity index (χ3n) is 3.72. The van der Waals surface area contributed by atoms with Crippen LogP contribution in [0.3, 0.4) is 0 Å². The molecule has 1 atom stereocenters. The van der Waals surface area contributed by atoms with Crippen molar-refractivity contribution in [1.29, 1.82) is 0 Å². The minimum atomic E-state index is -0.260. The number of rotatable bonds is 7. The molecule has 0 aromatic carbocycles. The topological polar surface area (TPSA) is 127 Å². The fraction of sp³-hybridized carbons (Fsp3) is 0.333. The first-order valence-corrected chi connectivity index (χ1v) is 9.39. The van der Waals surface area contributed by atoms with E-state index in [1.54, 1.807) is 10.8 Å². The second kappa shape index (κ2) is 7.58. The first kappa shape index (κ1) is 17.3. The van der Waals surface area contributed by atoms with E-state index in [9.17, 15) is 4.79 Å². The molecule has 0 saturated heterocycles. The Morgan fingerprint density at radius 2 is 2.16 bits per heavy atom. The molecule has 132 valence electrons. The lowest BCUT2D eigenvalue weighted by atomic mass is 10.3. The van der Waals surface area contributed by atoms with Crippen molar-refractivity contribution in [3.05, 3.63) is 34.4 Å². The van der Waals surface area contributed by atoms with Gasteiger partial charge in [0.25, 0.3) is 0 Å². The van der Waals surface area contributed by atoms with Crippen molar-refractivity contribution >= 4 is 36.9 Å². The van der Waals surface area contributed by atoms with Crippen molar-refractivity contribution in [2.75, 3.05) is 37.9 Å². The van der Waals surface area contributed by atoms with Crippen LogP contribution < -0.4 is 27.6 Å². The number of aromatic amines is 1. The van der Waals surface area contributed by atoms with Crippen molar-refractivity contribution in [2.24, 2.45) is 0 Å². The highest BCUT2D eigenvalue weighted by molar-refractivity contribution is 7.45. The number of hydrogen-bond acceptors (Lipinski definition) is 7. The van der Waals surface area contributed by atoms with Gasteiger partial charge in [0.05, 0.1) is 6.54 Å². The molecule has 3 rings (SSSR count). The maximum atomic E-state index is 12.3. The molecule has 5 N–H and O–H groups in total. The Bertz CT molecular complexity index is 918. The summed E-state index contributed by atoms with van der Waals surface area (Å²) in [5, 5.41) is 6.27. The van der Waals surface area contributed by atoms with Gasteiger partial charge in [0.2, 0.25) is 0 Å². The Morgan fingerprint density at radius 1 is 1.32 bits per heavy atom. The average Bonchev–Trinajstić information content (AvgIpc) is 2.93. The molecule has 3 aromatic heterocycles. The van der Waals surface area contributed by atoms with E-state index >= 15 is 0 Å². The maximum absolute atomic E-state index is 12.3. The summed E-state index contributed by atoms with van der Waals surface area (Å²) < 4.78 is 1.56. The van der Waals surface area contributed by atoms with E-state index in [2.05, 4.69) is 30.6 Å². The van der Waals surface area contributed by atoms with Crippen LogP contribution in [0.5, 0.6) is 0 Å². The van der Waals surface area contributed by atoms with Crippen molar-refractivity contribution < 1.29 is 0 Å². The SMILES string of the molecule is CNCCNc1ccc(Cn2c(=O)[nH]c3c(N)nc(PC)nc32)cn1. The van der Waals surface area contributed by atoms with Crippen LogP contribution in [0.1, 0.15) is 5.56 Å². The third kappa shape index (κ3) is 3.78. The Labute approximate surface area is 146 Å². The van der Waals surface area contributed by atoms with Gasteiger partial charge in [-0.3, -0.25) is 4.57 Å². The summed E-state index contributed by atoms with van der Waals surface area (Å²) >= 11 is 0. The van der Waals surface area contributed by atoms with Crippen LogP contribution in [-0.4, -0.2) is 51.3 Å². The normalized spacial score (nSPS) is 11.6. The Balaban J connectivity index is 1.86.